The van der Waals surface area contributed by atoms with E-state index in [-0.39, 0.29) is 0 Å². The highest BCUT2D eigenvalue weighted by Gasteiger charge is 2.01. The minimum Gasteiger partial charge on any atom is -0.312 e. The predicted molar refractivity (Wildman–Crippen MR) is 64.4 cm³/mol. The van der Waals surface area contributed by atoms with Crippen molar-refractivity contribution in [3.05, 3.63) is 21.4 Å². The van der Waals surface area contributed by atoms with Crippen LogP contribution in [0.15, 0.2) is 6.07 Å². The molecule has 0 saturated carbocycles. The van der Waals surface area contributed by atoms with Crippen LogP contribution in [-0.4, -0.2) is 22.8 Å². The number of rotatable bonds is 5. The van der Waals surface area contributed by atoms with E-state index >= 15 is 0 Å². The molecule has 1 N–H and O–H groups in total. The summed E-state index contributed by atoms with van der Waals surface area (Å²) in [5, 5.41) is 3.30. The molecule has 14 heavy (non-hydrogen) atoms. The van der Waals surface area contributed by atoms with Gasteiger partial charge in [0.1, 0.15) is 0 Å². The van der Waals surface area contributed by atoms with Crippen molar-refractivity contribution in [3.63, 3.8) is 0 Å². The minimum absolute atomic E-state index is 0.683. The third-order valence-electron chi connectivity index (χ3n) is 2.03. The summed E-state index contributed by atoms with van der Waals surface area (Å²) in [5.41, 5.74) is 1.37. The Bertz CT molecular complexity index is 320. The van der Waals surface area contributed by atoms with Crippen LogP contribution in [0.5, 0.6) is 0 Å². The Morgan fingerprint density at radius 2 is 2.21 bits per heavy atom. The van der Waals surface area contributed by atoms with Crippen molar-refractivity contribution in [2.24, 2.45) is 0 Å². The summed E-state index contributed by atoms with van der Waals surface area (Å²) in [4.78, 5) is 2.74. The monoisotopic (exact) mass is 231 g/mol. The van der Waals surface area contributed by atoms with Crippen LogP contribution >= 0.6 is 11.3 Å². The lowest BCUT2D eigenvalue weighted by atomic mass is 10.2. The lowest BCUT2D eigenvalue weighted by molar-refractivity contribution is 0.676. The summed E-state index contributed by atoms with van der Waals surface area (Å²) in [7, 11) is -0.683. The van der Waals surface area contributed by atoms with Crippen LogP contribution in [-0.2, 0) is 17.3 Å². The molecule has 0 aliphatic heterocycles. The maximum Gasteiger partial charge on any atom is 0.0357 e. The average molecular weight is 231 g/mol. The van der Waals surface area contributed by atoms with E-state index in [0.717, 1.165) is 18.8 Å². The highest BCUT2D eigenvalue weighted by atomic mass is 32.2. The second-order valence-electron chi connectivity index (χ2n) is 3.39. The SMILES string of the molecule is Cc1cc(CNCCS(C)=O)c(C)s1. The van der Waals surface area contributed by atoms with Crippen molar-refractivity contribution in [2.75, 3.05) is 18.6 Å². The molecule has 1 heterocycles. The standard InChI is InChI=1S/C10H17NOS2/c1-8-6-10(9(2)13-8)7-11-4-5-14(3)12/h6,11H,4-5,7H2,1-3H3. The summed E-state index contributed by atoms with van der Waals surface area (Å²) < 4.78 is 10.8. The molecule has 80 valence electrons. The highest BCUT2D eigenvalue weighted by molar-refractivity contribution is 7.84. The lowest BCUT2D eigenvalue weighted by Crippen LogP contribution is -2.19. The molecule has 1 rings (SSSR count). The average Bonchev–Trinajstić information content (AvgIpc) is 2.39. The summed E-state index contributed by atoms with van der Waals surface area (Å²) in [6.07, 6.45) is 1.74. The first-order valence-electron chi connectivity index (χ1n) is 4.66. The van der Waals surface area contributed by atoms with Crippen molar-refractivity contribution >= 4 is 22.1 Å². The topological polar surface area (TPSA) is 29.1 Å². The van der Waals surface area contributed by atoms with Gasteiger partial charge in [-0.1, -0.05) is 0 Å². The number of hydrogen-bond donors (Lipinski definition) is 1. The molecule has 0 aliphatic rings. The van der Waals surface area contributed by atoms with Gasteiger partial charge in [0.05, 0.1) is 0 Å². The van der Waals surface area contributed by atoms with Crippen LogP contribution in [0.2, 0.25) is 0 Å². The first-order chi connectivity index (χ1) is 6.59. The molecule has 2 nitrogen and oxygen atoms in total. The second-order valence-corrected chi connectivity index (χ2v) is 6.41. The molecule has 0 aliphatic carbocycles. The summed E-state index contributed by atoms with van der Waals surface area (Å²) in [6, 6.07) is 2.22. The molecule has 1 aromatic rings. The van der Waals surface area contributed by atoms with Gasteiger partial charge < -0.3 is 5.32 Å². The fourth-order valence-electron chi connectivity index (χ4n) is 1.30. The van der Waals surface area contributed by atoms with Crippen LogP contribution in [0, 0.1) is 13.8 Å². The first-order valence-corrected chi connectivity index (χ1v) is 7.20. The zero-order chi connectivity index (χ0) is 10.6. The van der Waals surface area contributed by atoms with Crippen LogP contribution < -0.4 is 5.32 Å². The second kappa shape index (κ2) is 5.63. The fraction of sp³-hybridized carbons (Fsp3) is 0.600. The van der Waals surface area contributed by atoms with E-state index in [0.29, 0.717) is 0 Å². The van der Waals surface area contributed by atoms with E-state index in [1.807, 2.05) is 11.3 Å². The number of hydrogen-bond acceptors (Lipinski definition) is 3. The van der Waals surface area contributed by atoms with E-state index in [1.165, 1.54) is 15.3 Å². The molecule has 1 unspecified atom stereocenters. The van der Waals surface area contributed by atoms with Gasteiger partial charge in [-0.15, -0.1) is 11.3 Å². The molecule has 0 spiro atoms. The van der Waals surface area contributed by atoms with Gasteiger partial charge in [0.15, 0.2) is 0 Å². The van der Waals surface area contributed by atoms with Crippen LogP contribution in [0.1, 0.15) is 15.3 Å². The number of thiophene rings is 1. The van der Waals surface area contributed by atoms with Gasteiger partial charge in [0.2, 0.25) is 0 Å². The third kappa shape index (κ3) is 3.90. The van der Waals surface area contributed by atoms with E-state index in [4.69, 9.17) is 0 Å². The smallest absolute Gasteiger partial charge is 0.0357 e. The van der Waals surface area contributed by atoms with Crippen molar-refractivity contribution < 1.29 is 4.21 Å². The molecule has 0 saturated heterocycles. The fourth-order valence-corrected chi connectivity index (χ4v) is 2.68. The molecular weight excluding hydrogens is 214 g/mol. The summed E-state index contributed by atoms with van der Waals surface area (Å²) in [6.45, 7) is 6.00. The Labute approximate surface area is 92.2 Å². The number of nitrogens with one attached hydrogen (secondary N) is 1. The Hall–Kier alpha value is -0.190. The van der Waals surface area contributed by atoms with E-state index in [2.05, 4.69) is 25.2 Å². The van der Waals surface area contributed by atoms with Gasteiger partial charge in [-0.2, -0.15) is 0 Å². The van der Waals surface area contributed by atoms with E-state index in [1.54, 1.807) is 6.26 Å². The van der Waals surface area contributed by atoms with E-state index in [9.17, 15) is 4.21 Å². The van der Waals surface area contributed by atoms with Crippen LogP contribution in [0.4, 0.5) is 0 Å². The third-order valence-corrected chi connectivity index (χ3v) is 3.81. The Balaban J connectivity index is 2.31. The summed E-state index contributed by atoms with van der Waals surface area (Å²) >= 11 is 1.83. The van der Waals surface area contributed by atoms with Crippen molar-refractivity contribution in [2.45, 2.75) is 20.4 Å². The molecule has 0 aromatic carbocycles. The zero-order valence-corrected chi connectivity index (χ0v) is 10.6. The van der Waals surface area contributed by atoms with Gasteiger partial charge in [-0.05, 0) is 25.5 Å². The normalized spacial score (nSPS) is 13.1. The Morgan fingerprint density at radius 1 is 1.50 bits per heavy atom. The molecule has 1 atom stereocenters. The molecule has 0 fully saturated rings. The lowest BCUT2D eigenvalue weighted by Gasteiger charge is -2.02. The highest BCUT2D eigenvalue weighted by Crippen LogP contribution is 2.19. The minimum atomic E-state index is -0.683. The van der Waals surface area contributed by atoms with Gasteiger partial charge in [-0.25, -0.2) is 0 Å². The molecule has 1 aromatic heterocycles. The van der Waals surface area contributed by atoms with E-state index < -0.39 is 10.8 Å². The van der Waals surface area contributed by atoms with Gasteiger partial charge in [0.25, 0.3) is 0 Å². The van der Waals surface area contributed by atoms with Crippen molar-refractivity contribution in [3.8, 4) is 0 Å². The Morgan fingerprint density at radius 3 is 2.71 bits per heavy atom. The Kier molecular flexibility index (Phi) is 4.78. The largest absolute Gasteiger partial charge is 0.312 e. The zero-order valence-electron chi connectivity index (χ0n) is 8.92. The predicted octanol–water partition coefficient (Wildman–Crippen LogP) is 1.83. The molecule has 0 radical (unpaired) electrons. The van der Waals surface area contributed by atoms with Gasteiger partial charge >= 0.3 is 0 Å². The molecule has 0 bridgehead atoms. The van der Waals surface area contributed by atoms with Crippen molar-refractivity contribution in [1.29, 1.82) is 0 Å². The van der Waals surface area contributed by atoms with Crippen molar-refractivity contribution in [1.82, 2.24) is 5.32 Å². The molecule has 4 heteroatoms. The van der Waals surface area contributed by atoms with Crippen LogP contribution in [0.25, 0.3) is 0 Å². The quantitative estimate of drug-likeness (QED) is 0.783. The molecule has 0 amide bonds. The maximum atomic E-state index is 10.8. The molecular formula is C10H17NOS2. The summed E-state index contributed by atoms with van der Waals surface area (Å²) in [5.74, 6) is 0.738. The van der Waals surface area contributed by atoms with Gasteiger partial charge in [-0.3, -0.25) is 4.21 Å². The number of aryl methyl sites for hydroxylation is 2. The van der Waals surface area contributed by atoms with Gasteiger partial charge in [0, 0.05) is 45.7 Å². The maximum absolute atomic E-state index is 10.8. The first kappa shape index (κ1) is 11.9. The van der Waals surface area contributed by atoms with Crippen LogP contribution in [0.3, 0.4) is 0 Å².